The van der Waals surface area contributed by atoms with Gasteiger partial charge in [-0.1, -0.05) is 3.89 Å². The molecule has 0 rings (SSSR count). The number of methoxy groups -OCH3 is 1. The second kappa shape index (κ2) is 30.3. The second-order valence-electron chi connectivity index (χ2n) is 5.11. The van der Waals surface area contributed by atoms with Crippen molar-refractivity contribution in [1.29, 1.82) is 5.26 Å². The number of carboxylic acids is 1. The Balaban J connectivity index is -0.0000000662. The van der Waals surface area contributed by atoms with Gasteiger partial charge in [-0.25, -0.2) is 29.4 Å². The summed E-state index contributed by atoms with van der Waals surface area (Å²) >= 11 is -0.781. The van der Waals surface area contributed by atoms with Crippen molar-refractivity contribution >= 4 is 50.3 Å². The molecule has 0 aliphatic carbocycles. The van der Waals surface area contributed by atoms with Gasteiger partial charge in [0.1, 0.15) is 25.3 Å². The zero-order chi connectivity index (χ0) is 33.0. The molecular formula is C13H14F7N2Na3O16S3. The van der Waals surface area contributed by atoms with Crippen molar-refractivity contribution in [3.05, 3.63) is 11.4 Å². The zero-order valence-electron chi connectivity index (χ0n) is 22.2. The monoisotopic (exact) mass is 752 g/mol. The van der Waals surface area contributed by atoms with E-state index in [1.807, 2.05) is 0 Å². The van der Waals surface area contributed by atoms with Crippen molar-refractivity contribution in [3.63, 3.8) is 0 Å². The summed E-state index contributed by atoms with van der Waals surface area (Å²) in [5.41, 5.74) is 0. The van der Waals surface area contributed by atoms with Gasteiger partial charge < -0.3 is 39.8 Å². The summed E-state index contributed by atoms with van der Waals surface area (Å²) in [4.78, 5) is 32.6. The molecule has 0 aromatic rings. The van der Waals surface area contributed by atoms with Gasteiger partial charge >= 0.3 is 133 Å². The third kappa shape index (κ3) is 28.2. The van der Waals surface area contributed by atoms with Crippen LogP contribution in [0.3, 0.4) is 0 Å². The Morgan fingerprint density at radius 2 is 1.45 bits per heavy atom. The van der Waals surface area contributed by atoms with E-state index in [4.69, 9.17) is 22.0 Å². The summed E-state index contributed by atoms with van der Waals surface area (Å²) in [5.74, 6) is -7.32. The number of halogens is 7. The fourth-order valence-electron chi connectivity index (χ4n) is 0.739. The van der Waals surface area contributed by atoms with E-state index in [0.29, 0.717) is 7.11 Å². The van der Waals surface area contributed by atoms with Crippen LogP contribution in [-0.4, -0.2) is 97.6 Å². The Hall–Kier alpha value is -0.0900. The molecule has 0 aliphatic rings. The standard InChI is InChI=1S/C5H5F2NO5S.C3H3F3O4S.C3H5NO.C2H2F2O5S.3Na.H2O/c6-5(7,14-13-12-10)4(9)11-3-1-2-8;1-10-2(7)3(4,5)11(6,8)9;1-4-2-3-5;3-2(4,1(5)6)10(7,8)9;;;;/h10H,1,3H2;1H3;5H,2-3H2;(H,5,6)(H,7,8,9);;;;1H2/q;;;;3*+1;/p-3. The third-order valence-corrected chi connectivity index (χ3v) is 4.44. The molecule has 0 radical (unpaired) electrons. The molecule has 0 aromatic carbocycles. The van der Waals surface area contributed by atoms with Crippen LogP contribution in [0.1, 0.15) is 6.42 Å². The molecule has 0 amide bonds. The Morgan fingerprint density at radius 3 is 1.64 bits per heavy atom. The van der Waals surface area contributed by atoms with Crippen LogP contribution in [0.2, 0.25) is 0 Å². The minimum absolute atomic E-state index is 0. The average molecular weight is 752 g/mol. The molecule has 0 aliphatic heterocycles. The van der Waals surface area contributed by atoms with Gasteiger partial charge in [-0.05, 0) is 0 Å². The topological polar surface area (TPSA) is 301 Å². The fourth-order valence-corrected chi connectivity index (χ4v) is 1.48. The first-order chi connectivity index (χ1) is 17.9. The predicted octanol–water partition coefficient (Wildman–Crippen LogP) is -10.1. The van der Waals surface area contributed by atoms with Crippen molar-refractivity contribution in [2.24, 2.45) is 0 Å². The molecule has 0 unspecified atom stereocenters. The predicted molar refractivity (Wildman–Crippen MR) is 106 cm³/mol. The van der Waals surface area contributed by atoms with E-state index < -0.39 is 72.7 Å². The van der Waals surface area contributed by atoms with Gasteiger partial charge in [0.2, 0.25) is 6.54 Å². The fraction of sp³-hybridized carbons (Fsp3) is 0.615. The number of alkyl halides is 6. The molecular weight excluding hydrogens is 738 g/mol. The SMILES string of the molecule is COC(=O)C(F)(F)S(=O)(=O)F.N#CCCOC(=O)C(F)(F)SOO[O-].O=C(O)C(F)(F)S(=O)(=O)[O-].[C-]#[N+]CCO.[Na+].[Na+].[Na+].[OH-]. The van der Waals surface area contributed by atoms with Crippen LogP contribution >= 0.6 is 12.0 Å². The van der Waals surface area contributed by atoms with Gasteiger partial charge in [-0.3, -0.25) is 5.04 Å². The largest absolute Gasteiger partial charge is 1.00 e. The number of nitriles is 1. The van der Waals surface area contributed by atoms with E-state index >= 15 is 0 Å². The number of esters is 2. The first-order valence-corrected chi connectivity index (χ1v) is 11.9. The van der Waals surface area contributed by atoms with Crippen molar-refractivity contribution in [3.8, 4) is 6.07 Å². The van der Waals surface area contributed by atoms with E-state index in [1.165, 1.54) is 0 Å². The molecule has 0 aromatic heterocycles. The molecule has 0 heterocycles. The summed E-state index contributed by atoms with van der Waals surface area (Å²) in [6.07, 6.45) is -0.203. The van der Waals surface area contributed by atoms with Crippen molar-refractivity contribution in [2.45, 2.75) is 22.2 Å². The Kier molecular flexibility index (Phi) is 43.1. The van der Waals surface area contributed by atoms with E-state index in [-0.39, 0.29) is 114 Å². The number of carbonyl (C=O) groups is 3. The summed E-state index contributed by atoms with van der Waals surface area (Å²) in [6, 6.07) is 1.58. The van der Waals surface area contributed by atoms with E-state index in [2.05, 4.69) is 23.7 Å². The number of ether oxygens (including phenoxy) is 2. The van der Waals surface area contributed by atoms with Gasteiger partial charge in [0.15, 0.2) is 10.1 Å². The number of hydrogen-bond acceptors (Lipinski definition) is 17. The number of aliphatic hydroxyl groups excluding tert-OH is 1. The molecule has 18 nitrogen and oxygen atoms in total. The molecule has 0 atom stereocenters. The maximum atomic E-state index is 12.5. The third-order valence-electron chi connectivity index (χ3n) is 2.36. The van der Waals surface area contributed by atoms with E-state index in [1.54, 1.807) is 6.07 Å². The molecule has 0 spiro atoms. The van der Waals surface area contributed by atoms with Crippen LogP contribution in [0.25, 0.3) is 4.85 Å². The summed E-state index contributed by atoms with van der Waals surface area (Å²) in [6.45, 7) is 5.84. The second-order valence-corrected chi connectivity index (χ2v) is 8.73. The van der Waals surface area contributed by atoms with Crippen LogP contribution in [0.4, 0.5) is 30.2 Å². The van der Waals surface area contributed by atoms with Crippen LogP contribution in [0.15, 0.2) is 0 Å². The van der Waals surface area contributed by atoms with E-state index in [9.17, 15) is 71.3 Å². The maximum Gasteiger partial charge on any atom is 1.00 e. The van der Waals surface area contributed by atoms with Crippen molar-refractivity contribution < 1.29 is 194 Å². The van der Waals surface area contributed by atoms with Crippen molar-refractivity contribution in [2.75, 3.05) is 26.9 Å². The summed E-state index contributed by atoms with van der Waals surface area (Å²) in [5, 5.41) is 20.7. The van der Waals surface area contributed by atoms with Crippen LogP contribution in [0, 0.1) is 17.9 Å². The van der Waals surface area contributed by atoms with Crippen LogP contribution in [0.5, 0.6) is 0 Å². The molecule has 242 valence electrons. The molecule has 0 fully saturated rings. The first kappa shape index (κ1) is 62.7. The summed E-state index contributed by atoms with van der Waals surface area (Å²) < 4.78 is 141. The normalized spacial score (nSPS) is 10.3. The molecule has 0 saturated heterocycles. The number of rotatable bonds is 11. The minimum Gasteiger partial charge on any atom is -0.870 e. The maximum absolute atomic E-state index is 12.5. The van der Waals surface area contributed by atoms with Crippen LogP contribution < -0.4 is 93.9 Å². The molecule has 31 heteroatoms. The zero-order valence-corrected chi connectivity index (χ0v) is 30.7. The molecule has 44 heavy (non-hydrogen) atoms. The van der Waals surface area contributed by atoms with Gasteiger partial charge in [0, 0.05) is 0 Å². The van der Waals surface area contributed by atoms with Crippen LogP contribution in [-0.2, 0) is 53.6 Å². The van der Waals surface area contributed by atoms with E-state index in [0.717, 1.165) is 0 Å². The van der Waals surface area contributed by atoms with Gasteiger partial charge in [-0.2, -0.15) is 44.4 Å². The van der Waals surface area contributed by atoms with Gasteiger partial charge in [0.25, 0.3) is 0 Å². The Bertz CT molecular complexity index is 1120. The molecule has 0 bridgehead atoms. The number of aliphatic carboxylic acids is 1. The average Bonchev–Trinajstić information content (AvgIpc) is 2.82. The molecule has 0 saturated carbocycles. The molecule has 3 N–H and O–H groups in total. The Morgan fingerprint density at radius 1 is 1.02 bits per heavy atom. The number of carboxylic acid groups (broad SMARTS) is 1. The number of aliphatic hydroxyl groups is 1. The quantitative estimate of drug-likeness (QED) is 0.0189. The number of hydrogen-bond donors (Lipinski definition) is 2. The minimum atomic E-state index is -6.22. The summed E-state index contributed by atoms with van der Waals surface area (Å²) in [7, 11) is -11.8. The van der Waals surface area contributed by atoms with Gasteiger partial charge in [0.05, 0.1) is 19.6 Å². The first-order valence-electron chi connectivity index (χ1n) is 8.36. The number of nitrogens with zero attached hydrogens (tertiary/aromatic N) is 2. The number of carbonyl (C=O) groups excluding carboxylic acids is 2. The smallest absolute Gasteiger partial charge is 0.870 e. The van der Waals surface area contributed by atoms with Crippen molar-refractivity contribution in [1.82, 2.24) is 0 Å². The van der Waals surface area contributed by atoms with Gasteiger partial charge in [-0.15, -0.1) is 0 Å². The Labute approximate surface area is 313 Å².